The van der Waals surface area contributed by atoms with Crippen molar-refractivity contribution in [1.29, 1.82) is 0 Å². The molecule has 0 aromatic heterocycles. The second kappa shape index (κ2) is 5.19. The molecule has 0 unspecified atom stereocenters. The Morgan fingerprint density at radius 2 is 1.35 bits per heavy atom. The number of hydrogen-bond acceptors (Lipinski definition) is 2. The van der Waals surface area contributed by atoms with Crippen molar-refractivity contribution in [3.63, 3.8) is 0 Å². The van der Waals surface area contributed by atoms with E-state index in [0.717, 1.165) is 5.39 Å². The molecule has 0 saturated carbocycles. The zero-order valence-corrected chi connectivity index (χ0v) is 12.4. The fraction of sp³-hybridized carbons (Fsp3) is 0.125. The molecule has 0 atom stereocenters. The number of fused-ring (bicyclic) bond motifs is 2. The zero-order chi connectivity index (χ0) is 16.8. The van der Waals surface area contributed by atoms with E-state index in [1.807, 2.05) is 0 Å². The van der Waals surface area contributed by atoms with Crippen molar-refractivity contribution in [2.75, 3.05) is 0 Å². The second-order valence-corrected chi connectivity index (χ2v) is 7.21. The van der Waals surface area contributed by atoms with Crippen LogP contribution in [0.5, 0.6) is 0 Å². The minimum atomic E-state index is -5.27. The van der Waals surface area contributed by atoms with E-state index in [1.54, 1.807) is 18.2 Å². The minimum absolute atomic E-state index is 0.0521. The average Bonchev–Trinajstić information content (AvgIpc) is 2.43. The maximum Gasteiger partial charge on any atom is 0.497 e. The molecule has 0 saturated heterocycles. The van der Waals surface area contributed by atoms with E-state index >= 15 is 0 Å². The van der Waals surface area contributed by atoms with Crippen molar-refractivity contribution < 1.29 is 26.0 Å². The molecule has 0 aliphatic heterocycles. The molecule has 0 N–H and O–H groups in total. The van der Waals surface area contributed by atoms with Crippen molar-refractivity contribution >= 4 is 31.4 Å². The van der Waals surface area contributed by atoms with Gasteiger partial charge in [-0.3, -0.25) is 0 Å². The first-order valence-corrected chi connectivity index (χ1v) is 8.22. The summed E-state index contributed by atoms with van der Waals surface area (Å²) in [5.74, 6) is -1.49. The Morgan fingerprint density at radius 1 is 0.783 bits per heavy atom. The molecule has 0 heterocycles. The van der Waals surface area contributed by atoms with E-state index in [0.29, 0.717) is 16.2 Å². The van der Waals surface area contributed by atoms with Crippen LogP contribution in [0.25, 0.3) is 21.5 Å². The molecule has 0 spiro atoms. The fourth-order valence-electron chi connectivity index (χ4n) is 2.41. The van der Waals surface area contributed by atoms with E-state index in [2.05, 4.69) is 0 Å². The summed E-state index contributed by atoms with van der Waals surface area (Å²) in [5.41, 5.74) is -5.22. The summed E-state index contributed by atoms with van der Waals surface area (Å²) in [5, 5.41) is 2.66. The summed E-state index contributed by atoms with van der Waals surface area (Å²) in [4.78, 5) is 0. The van der Waals surface area contributed by atoms with Crippen LogP contribution < -0.4 is 0 Å². The molecule has 3 rings (SSSR count). The fourth-order valence-corrected chi connectivity index (χ4v) is 3.19. The highest BCUT2D eigenvalue weighted by Crippen LogP contribution is 2.29. The van der Waals surface area contributed by atoms with Gasteiger partial charge in [0.05, 0.1) is 5.75 Å². The first kappa shape index (κ1) is 15.7. The summed E-state index contributed by atoms with van der Waals surface area (Å²) >= 11 is 0. The molecule has 3 aromatic rings. The highest BCUT2D eigenvalue weighted by Gasteiger charge is 2.45. The van der Waals surface area contributed by atoms with E-state index in [1.165, 1.54) is 30.3 Å². The Hall–Kier alpha value is -2.15. The largest absolute Gasteiger partial charge is 0.497 e. The van der Waals surface area contributed by atoms with Crippen molar-refractivity contribution in [1.82, 2.24) is 0 Å². The Bertz CT molecular complexity index is 1010. The number of benzene rings is 3. The van der Waals surface area contributed by atoms with E-state index in [-0.39, 0.29) is 11.4 Å². The summed E-state index contributed by atoms with van der Waals surface area (Å²) < 4.78 is 73.1. The molecule has 2 nitrogen and oxygen atoms in total. The van der Waals surface area contributed by atoms with Crippen LogP contribution in [0.4, 0.5) is 17.6 Å². The molecular formula is C16H10F4O2S. The van der Waals surface area contributed by atoms with Gasteiger partial charge in [0.15, 0.2) is 0 Å². The van der Waals surface area contributed by atoms with Crippen LogP contribution in [-0.4, -0.2) is 13.9 Å². The summed E-state index contributed by atoms with van der Waals surface area (Å²) in [6.45, 7) is 0. The Labute approximate surface area is 129 Å². The summed E-state index contributed by atoms with van der Waals surface area (Å²) in [6.07, 6.45) is 0. The molecular weight excluding hydrogens is 332 g/mol. The molecule has 0 bridgehead atoms. The molecule has 0 aliphatic carbocycles. The molecule has 0 aliphatic rings. The predicted octanol–water partition coefficient (Wildman–Crippen LogP) is 4.57. The van der Waals surface area contributed by atoms with Crippen LogP contribution in [0.2, 0.25) is 0 Å². The second-order valence-electron chi connectivity index (χ2n) is 5.23. The van der Waals surface area contributed by atoms with E-state index < -0.39 is 21.1 Å². The first-order valence-electron chi connectivity index (χ1n) is 6.57. The maximum absolute atomic E-state index is 13.2. The van der Waals surface area contributed by atoms with Crippen molar-refractivity contribution in [3.05, 3.63) is 59.9 Å². The smallest absolute Gasteiger partial charge is 0.219 e. The third kappa shape index (κ3) is 3.01. The van der Waals surface area contributed by atoms with Gasteiger partial charge in [0.1, 0.15) is 5.82 Å². The first-order chi connectivity index (χ1) is 10.7. The lowest BCUT2D eigenvalue weighted by Gasteiger charge is -2.09. The van der Waals surface area contributed by atoms with Gasteiger partial charge in [-0.2, -0.15) is 13.2 Å². The molecule has 0 fully saturated rings. The van der Waals surface area contributed by atoms with Gasteiger partial charge in [0.25, 0.3) is 9.84 Å². The van der Waals surface area contributed by atoms with Gasteiger partial charge in [-0.05, 0) is 51.4 Å². The van der Waals surface area contributed by atoms with Crippen LogP contribution >= 0.6 is 0 Å². The van der Waals surface area contributed by atoms with Crippen LogP contribution in [-0.2, 0) is 15.6 Å². The lowest BCUT2D eigenvalue weighted by atomic mass is 10.0. The predicted molar refractivity (Wildman–Crippen MR) is 80.1 cm³/mol. The van der Waals surface area contributed by atoms with Crippen molar-refractivity contribution in [2.45, 2.75) is 11.3 Å². The van der Waals surface area contributed by atoms with Gasteiger partial charge in [-0.25, -0.2) is 12.8 Å². The summed E-state index contributed by atoms with van der Waals surface area (Å²) in [6, 6.07) is 11.9. The number of alkyl halides is 3. The number of halogens is 4. The average molecular weight is 342 g/mol. The topological polar surface area (TPSA) is 34.1 Å². The molecule has 23 heavy (non-hydrogen) atoms. The third-order valence-corrected chi connectivity index (χ3v) is 4.95. The number of sulfone groups is 1. The molecule has 7 heteroatoms. The highest BCUT2D eigenvalue weighted by molar-refractivity contribution is 7.91. The van der Waals surface area contributed by atoms with E-state index in [9.17, 15) is 26.0 Å². The Morgan fingerprint density at radius 3 is 1.96 bits per heavy atom. The highest BCUT2D eigenvalue weighted by atomic mass is 32.2. The van der Waals surface area contributed by atoms with Crippen LogP contribution in [0, 0.1) is 5.82 Å². The lowest BCUT2D eigenvalue weighted by molar-refractivity contribution is -0.0437. The molecule has 3 aromatic carbocycles. The maximum atomic E-state index is 13.2. The monoisotopic (exact) mass is 342 g/mol. The minimum Gasteiger partial charge on any atom is -0.219 e. The van der Waals surface area contributed by atoms with Crippen molar-refractivity contribution in [2.24, 2.45) is 0 Å². The summed E-state index contributed by atoms with van der Waals surface area (Å²) in [7, 11) is -5.22. The van der Waals surface area contributed by atoms with Gasteiger partial charge >= 0.3 is 5.51 Å². The Kier molecular flexibility index (Phi) is 3.55. The molecule has 120 valence electrons. The number of rotatable bonds is 2. The SMILES string of the molecule is O=S(=O)(Cc1ccc2cc3cc(F)ccc3cc2c1)C(F)(F)F. The van der Waals surface area contributed by atoms with Gasteiger partial charge in [0.2, 0.25) is 0 Å². The van der Waals surface area contributed by atoms with Crippen LogP contribution in [0.3, 0.4) is 0 Å². The molecule has 0 amide bonds. The quantitative estimate of drug-likeness (QED) is 0.505. The zero-order valence-electron chi connectivity index (χ0n) is 11.6. The van der Waals surface area contributed by atoms with Crippen molar-refractivity contribution in [3.8, 4) is 0 Å². The number of hydrogen-bond donors (Lipinski definition) is 0. The van der Waals surface area contributed by atoms with Gasteiger partial charge in [-0.1, -0.05) is 24.3 Å². The van der Waals surface area contributed by atoms with Gasteiger partial charge in [-0.15, -0.1) is 0 Å². The van der Waals surface area contributed by atoms with Gasteiger partial charge < -0.3 is 0 Å². The third-order valence-electron chi connectivity index (χ3n) is 3.53. The lowest BCUT2D eigenvalue weighted by Crippen LogP contribution is -2.24. The van der Waals surface area contributed by atoms with Gasteiger partial charge in [0, 0.05) is 0 Å². The van der Waals surface area contributed by atoms with E-state index in [4.69, 9.17) is 0 Å². The standard InChI is InChI=1S/C16H10F4O2S/c17-15-4-3-12-6-13-5-10(9-23(21,22)16(18,19)20)1-2-11(13)7-14(12)8-15/h1-8H,9H2. The van der Waals surface area contributed by atoms with Crippen LogP contribution in [0.1, 0.15) is 5.56 Å². The van der Waals surface area contributed by atoms with Crippen LogP contribution in [0.15, 0.2) is 48.5 Å². The molecule has 0 radical (unpaired) electrons. The Balaban J connectivity index is 2.09. The normalized spacial score (nSPS) is 12.9.